The molecule has 5 nitrogen and oxygen atoms in total. The van der Waals surface area contributed by atoms with Gasteiger partial charge in [-0.1, -0.05) is 36.4 Å². The number of amides is 1. The molecule has 0 aliphatic rings. The third-order valence-electron chi connectivity index (χ3n) is 5.53. The second-order valence-electron chi connectivity index (χ2n) is 7.96. The molecule has 0 saturated heterocycles. The van der Waals surface area contributed by atoms with Crippen LogP contribution in [0, 0.1) is 6.92 Å². The third-order valence-corrected chi connectivity index (χ3v) is 7.49. The maximum absolute atomic E-state index is 13.0. The highest BCUT2D eigenvalue weighted by atomic mass is 32.1. The lowest BCUT2D eigenvalue weighted by molar-refractivity contribution is 0.102. The van der Waals surface area contributed by atoms with Gasteiger partial charge in [-0.25, -0.2) is 4.98 Å². The molecule has 5 aromatic rings. The fourth-order valence-corrected chi connectivity index (χ4v) is 5.33. The number of carbonyl (C=O) groups excluding carboxylic acids is 2. The Morgan fingerprint density at radius 2 is 1.77 bits per heavy atom. The first kappa shape index (κ1) is 22.7. The number of anilines is 2. The molecule has 172 valence electrons. The Kier molecular flexibility index (Phi) is 6.27. The molecule has 0 aliphatic heterocycles. The average Bonchev–Trinajstić information content (AvgIpc) is 3.51. The lowest BCUT2D eigenvalue weighted by Crippen LogP contribution is -2.12. The quantitative estimate of drug-likeness (QED) is 0.195. The number of nitrogens with two attached hydrogens (primary N) is 1. The van der Waals surface area contributed by atoms with Gasteiger partial charge in [0.2, 0.25) is 0 Å². The molecule has 0 bridgehead atoms. The van der Waals surface area contributed by atoms with Crippen molar-refractivity contribution >= 4 is 62.0 Å². The van der Waals surface area contributed by atoms with Crippen LogP contribution >= 0.6 is 22.7 Å². The first-order valence-electron chi connectivity index (χ1n) is 10.9. The molecule has 2 aromatic carbocycles. The molecule has 35 heavy (non-hydrogen) atoms. The summed E-state index contributed by atoms with van der Waals surface area (Å²) in [6.45, 7) is 1.99. The molecular formula is C28H21N3O2S2. The van der Waals surface area contributed by atoms with Crippen LogP contribution in [0.4, 0.5) is 11.4 Å². The predicted molar refractivity (Wildman–Crippen MR) is 146 cm³/mol. The van der Waals surface area contributed by atoms with Crippen molar-refractivity contribution in [2.75, 3.05) is 11.1 Å². The summed E-state index contributed by atoms with van der Waals surface area (Å²) in [7, 11) is 0. The zero-order chi connectivity index (χ0) is 24.4. The van der Waals surface area contributed by atoms with E-state index in [1.165, 1.54) is 11.3 Å². The standard InChI is InChI=1S/C28H21N3O2S2/c1-17-16-22-24(29)26(35-28(22)31-25(17)19-6-3-2-4-7-19)27(33)30-20-11-9-18(10-12-20)23(32)14-13-21-8-5-15-34-21/h2-16H,29H2,1H3,(H,30,33). The highest BCUT2D eigenvalue weighted by Gasteiger charge is 2.19. The summed E-state index contributed by atoms with van der Waals surface area (Å²) < 4.78 is 0. The van der Waals surface area contributed by atoms with Crippen LogP contribution in [0.15, 0.2) is 84.3 Å². The number of carbonyl (C=O) groups is 2. The van der Waals surface area contributed by atoms with Crippen LogP contribution in [-0.2, 0) is 0 Å². The number of nitrogens with one attached hydrogen (secondary N) is 1. The second kappa shape index (κ2) is 9.66. The summed E-state index contributed by atoms with van der Waals surface area (Å²) in [6, 6.07) is 22.6. The molecule has 3 aromatic heterocycles. The third kappa shape index (κ3) is 4.77. The van der Waals surface area contributed by atoms with Gasteiger partial charge < -0.3 is 11.1 Å². The van der Waals surface area contributed by atoms with Gasteiger partial charge in [0.15, 0.2) is 5.78 Å². The van der Waals surface area contributed by atoms with E-state index in [0.717, 1.165) is 31.9 Å². The summed E-state index contributed by atoms with van der Waals surface area (Å²) in [5, 5.41) is 5.61. The Balaban J connectivity index is 1.35. The minimum absolute atomic E-state index is 0.0966. The maximum Gasteiger partial charge on any atom is 0.267 e. The zero-order valence-electron chi connectivity index (χ0n) is 18.8. The Morgan fingerprint density at radius 3 is 2.49 bits per heavy atom. The first-order valence-corrected chi connectivity index (χ1v) is 12.6. The monoisotopic (exact) mass is 495 g/mol. The number of allylic oxidation sites excluding steroid dienone is 1. The zero-order valence-corrected chi connectivity index (χ0v) is 20.5. The van der Waals surface area contributed by atoms with Gasteiger partial charge in [0.05, 0.1) is 11.4 Å². The first-order chi connectivity index (χ1) is 17.0. The summed E-state index contributed by atoms with van der Waals surface area (Å²) in [4.78, 5) is 32.4. The van der Waals surface area contributed by atoms with Gasteiger partial charge in [-0.2, -0.15) is 0 Å². The number of thiophene rings is 2. The van der Waals surface area contributed by atoms with E-state index in [0.29, 0.717) is 21.8 Å². The van der Waals surface area contributed by atoms with E-state index in [-0.39, 0.29) is 11.7 Å². The molecule has 0 radical (unpaired) electrons. The molecule has 3 heterocycles. The van der Waals surface area contributed by atoms with Crippen LogP contribution in [0.5, 0.6) is 0 Å². The molecule has 0 aliphatic carbocycles. The predicted octanol–water partition coefficient (Wildman–Crippen LogP) is 7.06. The summed E-state index contributed by atoms with van der Waals surface area (Å²) in [6.07, 6.45) is 3.35. The van der Waals surface area contributed by atoms with Gasteiger partial charge in [0.25, 0.3) is 5.91 Å². The summed E-state index contributed by atoms with van der Waals surface area (Å²) >= 11 is 2.84. The molecule has 5 rings (SSSR count). The number of aromatic nitrogens is 1. The number of nitrogens with zero attached hydrogens (tertiary/aromatic N) is 1. The van der Waals surface area contributed by atoms with Crippen LogP contribution in [0.3, 0.4) is 0 Å². The van der Waals surface area contributed by atoms with Crippen LogP contribution in [-0.4, -0.2) is 16.7 Å². The van der Waals surface area contributed by atoms with Gasteiger partial charge in [-0.3, -0.25) is 9.59 Å². The largest absolute Gasteiger partial charge is 0.397 e. The average molecular weight is 496 g/mol. The number of hydrogen-bond acceptors (Lipinski definition) is 6. The lowest BCUT2D eigenvalue weighted by Gasteiger charge is -2.06. The second-order valence-corrected chi connectivity index (χ2v) is 9.94. The van der Waals surface area contributed by atoms with Gasteiger partial charge in [-0.15, -0.1) is 22.7 Å². The van der Waals surface area contributed by atoms with Crippen LogP contribution in [0.1, 0.15) is 30.5 Å². The SMILES string of the molecule is Cc1cc2c(N)c(C(=O)Nc3ccc(C(=O)C=Cc4cccs4)cc3)sc2nc1-c1ccccc1. The molecular weight excluding hydrogens is 474 g/mol. The number of rotatable bonds is 6. The van der Waals surface area contributed by atoms with Gasteiger partial charge in [0.1, 0.15) is 9.71 Å². The molecule has 0 unspecified atom stereocenters. The molecule has 0 fully saturated rings. The van der Waals surface area contributed by atoms with Gasteiger partial charge in [0, 0.05) is 27.1 Å². The van der Waals surface area contributed by atoms with Crippen molar-refractivity contribution in [1.82, 2.24) is 4.98 Å². The van der Waals surface area contributed by atoms with Crippen molar-refractivity contribution < 1.29 is 9.59 Å². The van der Waals surface area contributed by atoms with Crippen molar-refractivity contribution in [1.29, 1.82) is 0 Å². The number of benzene rings is 2. The van der Waals surface area contributed by atoms with E-state index < -0.39 is 0 Å². The number of aryl methyl sites for hydroxylation is 1. The van der Waals surface area contributed by atoms with E-state index in [4.69, 9.17) is 10.7 Å². The van der Waals surface area contributed by atoms with Crippen LogP contribution in [0.25, 0.3) is 27.6 Å². The van der Waals surface area contributed by atoms with E-state index in [2.05, 4.69) is 5.32 Å². The number of hydrogen-bond donors (Lipinski definition) is 2. The maximum atomic E-state index is 13.0. The van der Waals surface area contributed by atoms with Crippen molar-refractivity contribution in [2.45, 2.75) is 6.92 Å². The smallest absolute Gasteiger partial charge is 0.267 e. The van der Waals surface area contributed by atoms with Crippen molar-refractivity contribution in [2.24, 2.45) is 0 Å². The van der Waals surface area contributed by atoms with E-state index in [9.17, 15) is 9.59 Å². The summed E-state index contributed by atoms with van der Waals surface area (Å²) in [5.74, 6) is -0.401. The summed E-state index contributed by atoms with van der Waals surface area (Å²) in [5.41, 5.74) is 10.8. The number of ketones is 1. The Morgan fingerprint density at radius 1 is 1.00 bits per heavy atom. The van der Waals surface area contributed by atoms with Crippen LogP contribution < -0.4 is 11.1 Å². The number of nitrogen functional groups attached to an aromatic ring is 1. The lowest BCUT2D eigenvalue weighted by atomic mass is 10.1. The molecule has 7 heteroatoms. The van der Waals surface area contributed by atoms with Gasteiger partial charge >= 0.3 is 0 Å². The van der Waals surface area contributed by atoms with E-state index >= 15 is 0 Å². The fourth-order valence-electron chi connectivity index (χ4n) is 3.74. The van der Waals surface area contributed by atoms with Crippen LogP contribution in [0.2, 0.25) is 0 Å². The normalized spacial score (nSPS) is 11.2. The minimum Gasteiger partial charge on any atom is -0.397 e. The molecule has 3 N–H and O–H groups in total. The topological polar surface area (TPSA) is 85.1 Å². The van der Waals surface area contributed by atoms with E-state index in [1.54, 1.807) is 47.8 Å². The Labute approximate surface area is 210 Å². The van der Waals surface area contributed by atoms with Gasteiger partial charge in [-0.05, 0) is 66.4 Å². The molecule has 0 saturated carbocycles. The highest BCUT2D eigenvalue weighted by Crippen LogP contribution is 2.36. The number of pyridine rings is 1. The highest BCUT2D eigenvalue weighted by molar-refractivity contribution is 7.21. The minimum atomic E-state index is -0.305. The fraction of sp³-hybridized carbons (Fsp3) is 0.0357. The van der Waals surface area contributed by atoms with Crippen molar-refractivity contribution in [3.63, 3.8) is 0 Å². The van der Waals surface area contributed by atoms with Crippen molar-refractivity contribution in [3.05, 3.63) is 105 Å². The number of fused-ring (bicyclic) bond motifs is 1. The molecule has 0 atom stereocenters. The van der Waals surface area contributed by atoms with Crippen molar-refractivity contribution in [3.8, 4) is 11.3 Å². The Bertz CT molecular complexity index is 1550. The van der Waals surface area contributed by atoms with E-state index in [1.807, 2.05) is 60.8 Å². The molecule has 0 spiro atoms. The Hall–Kier alpha value is -4.07. The molecule has 1 amide bonds.